The molecular weight excluding hydrogens is 410 g/mol. The van der Waals surface area contributed by atoms with Crippen molar-refractivity contribution in [1.29, 1.82) is 0 Å². The average Bonchev–Trinajstić information content (AvgIpc) is 3.17. The fourth-order valence-electron chi connectivity index (χ4n) is 3.37. The molecule has 8 heteroatoms. The first kappa shape index (κ1) is 18.4. The van der Waals surface area contributed by atoms with Gasteiger partial charge >= 0.3 is 0 Å². The van der Waals surface area contributed by atoms with E-state index in [1.807, 2.05) is 30.3 Å². The first-order chi connectivity index (χ1) is 14.2. The Morgan fingerprint density at radius 3 is 2.90 bits per heavy atom. The van der Waals surface area contributed by atoms with Crippen molar-refractivity contribution in [3.05, 3.63) is 52.6 Å². The zero-order valence-electron chi connectivity index (χ0n) is 15.5. The van der Waals surface area contributed by atoms with Gasteiger partial charge in [-0.3, -0.25) is 4.79 Å². The molecule has 0 unspecified atom stereocenters. The normalized spacial score (nSPS) is 16.2. The van der Waals surface area contributed by atoms with Gasteiger partial charge in [0.05, 0.1) is 29.0 Å². The Hall–Kier alpha value is -2.61. The summed E-state index contributed by atoms with van der Waals surface area (Å²) in [5.74, 6) is 0.542. The van der Waals surface area contributed by atoms with Crippen molar-refractivity contribution in [2.75, 3.05) is 43.1 Å². The summed E-state index contributed by atoms with van der Waals surface area (Å²) in [4.78, 5) is 19.7. The second-order valence-electron chi connectivity index (χ2n) is 6.87. The lowest BCUT2D eigenvalue weighted by molar-refractivity contribution is -0.113. The van der Waals surface area contributed by atoms with E-state index in [-0.39, 0.29) is 12.5 Å². The summed E-state index contributed by atoms with van der Waals surface area (Å²) >= 11 is 7.67. The van der Waals surface area contributed by atoms with Gasteiger partial charge in [0.25, 0.3) is 5.91 Å². The van der Waals surface area contributed by atoms with E-state index >= 15 is 0 Å². The Labute approximate surface area is 176 Å². The van der Waals surface area contributed by atoms with Gasteiger partial charge in [0.1, 0.15) is 12.4 Å². The van der Waals surface area contributed by atoms with Crippen molar-refractivity contribution >= 4 is 56.0 Å². The van der Waals surface area contributed by atoms with E-state index in [1.165, 1.54) is 0 Å². The first-order valence-corrected chi connectivity index (χ1v) is 10.5. The van der Waals surface area contributed by atoms with Gasteiger partial charge in [0.15, 0.2) is 5.13 Å². The maximum absolute atomic E-state index is 12.7. The number of anilines is 2. The molecule has 1 N–H and O–H groups in total. The molecule has 0 bridgehead atoms. The van der Waals surface area contributed by atoms with Gasteiger partial charge < -0.3 is 19.7 Å². The molecule has 0 radical (unpaired) electrons. The highest BCUT2D eigenvalue weighted by molar-refractivity contribution is 7.22. The lowest BCUT2D eigenvalue weighted by Gasteiger charge is -2.25. The molecule has 1 saturated heterocycles. The molecule has 1 amide bonds. The zero-order valence-corrected chi connectivity index (χ0v) is 17.1. The topological polar surface area (TPSA) is 63.7 Å². The number of thiazole rings is 1. The number of halogens is 1. The molecule has 2 aliphatic heterocycles. The Balaban J connectivity index is 1.35. The minimum atomic E-state index is -0.187. The van der Waals surface area contributed by atoms with Gasteiger partial charge in [0, 0.05) is 29.4 Å². The molecule has 6 nitrogen and oxygen atoms in total. The molecule has 3 aromatic rings. The first-order valence-electron chi connectivity index (χ1n) is 9.33. The largest absolute Gasteiger partial charge is 0.488 e. The van der Waals surface area contributed by atoms with Gasteiger partial charge in [-0.05, 0) is 42.5 Å². The quantitative estimate of drug-likeness (QED) is 0.678. The number of hydrogen-bond acceptors (Lipinski definition) is 6. The fraction of sp³-hybridized carbons (Fsp3) is 0.238. The Bertz CT molecular complexity index is 1120. The van der Waals surface area contributed by atoms with Gasteiger partial charge in [-0.25, -0.2) is 4.98 Å². The second-order valence-corrected chi connectivity index (χ2v) is 8.32. The predicted molar refractivity (Wildman–Crippen MR) is 116 cm³/mol. The minimum absolute atomic E-state index is 0.187. The summed E-state index contributed by atoms with van der Waals surface area (Å²) < 4.78 is 12.1. The third kappa shape index (κ3) is 3.81. The number of nitrogens with zero attached hydrogens (tertiary/aromatic N) is 2. The van der Waals surface area contributed by atoms with E-state index < -0.39 is 0 Å². The SMILES string of the molecule is O=C(Nc1ccc2nc(N3CCOCC3)sc2c1)C1=Cc2cc(Cl)ccc2OC1. The van der Waals surface area contributed by atoms with Crippen molar-refractivity contribution in [3.8, 4) is 5.75 Å². The van der Waals surface area contributed by atoms with Crippen molar-refractivity contribution in [3.63, 3.8) is 0 Å². The lowest BCUT2D eigenvalue weighted by Crippen LogP contribution is -2.36. The smallest absolute Gasteiger partial charge is 0.255 e. The van der Waals surface area contributed by atoms with Crippen molar-refractivity contribution in [2.24, 2.45) is 0 Å². The predicted octanol–water partition coefficient (Wildman–Crippen LogP) is 4.20. The van der Waals surface area contributed by atoms with Crippen molar-refractivity contribution < 1.29 is 14.3 Å². The highest BCUT2D eigenvalue weighted by Crippen LogP contribution is 2.32. The molecule has 29 heavy (non-hydrogen) atoms. The summed E-state index contributed by atoms with van der Waals surface area (Å²) in [7, 11) is 0. The average molecular weight is 428 g/mol. The Morgan fingerprint density at radius 1 is 1.17 bits per heavy atom. The van der Waals surface area contributed by atoms with Crippen LogP contribution in [0, 0.1) is 0 Å². The summed E-state index contributed by atoms with van der Waals surface area (Å²) in [5.41, 5.74) is 3.02. The molecule has 2 aromatic carbocycles. The van der Waals surface area contributed by atoms with E-state index in [2.05, 4.69) is 10.2 Å². The number of nitrogens with one attached hydrogen (secondary N) is 1. The molecule has 1 fully saturated rings. The van der Waals surface area contributed by atoms with Crippen LogP contribution in [-0.4, -0.2) is 43.8 Å². The Kier molecular flexibility index (Phi) is 4.87. The molecule has 3 heterocycles. The monoisotopic (exact) mass is 427 g/mol. The van der Waals surface area contributed by atoms with Crippen LogP contribution in [0.15, 0.2) is 42.0 Å². The molecule has 5 rings (SSSR count). The van der Waals surface area contributed by atoms with Crippen LogP contribution in [0.1, 0.15) is 5.56 Å². The van der Waals surface area contributed by atoms with Crippen LogP contribution in [0.4, 0.5) is 10.8 Å². The van der Waals surface area contributed by atoms with Crippen LogP contribution >= 0.6 is 22.9 Å². The van der Waals surface area contributed by atoms with Crippen molar-refractivity contribution in [1.82, 2.24) is 4.98 Å². The number of amides is 1. The van der Waals surface area contributed by atoms with E-state index in [4.69, 9.17) is 26.1 Å². The highest BCUT2D eigenvalue weighted by Gasteiger charge is 2.19. The van der Waals surface area contributed by atoms with Crippen LogP contribution < -0.4 is 15.0 Å². The van der Waals surface area contributed by atoms with Crippen LogP contribution in [0.2, 0.25) is 5.02 Å². The molecule has 1 aromatic heterocycles. The molecule has 0 aliphatic carbocycles. The second kappa shape index (κ2) is 7.67. The van der Waals surface area contributed by atoms with Gasteiger partial charge in [0.2, 0.25) is 0 Å². The highest BCUT2D eigenvalue weighted by atomic mass is 35.5. The summed E-state index contributed by atoms with van der Waals surface area (Å²) in [6.07, 6.45) is 1.82. The number of fused-ring (bicyclic) bond motifs is 2. The number of rotatable bonds is 3. The number of ether oxygens (including phenoxy) is 2. The fourth-order valence-corrected chi connectivity index (χ4v) is 4.61. The standard InChI is InChI=1S/C21H18ClN3O3S/c22-15-1-4-18-13(10-15)9-14(12-28-18)20(26)23-16-2-3-17-19(11-16)29-21(24-17)25-5-7-27-8-6-25/h1-4,9-11H,5-8,12H2,(H,23,26). The van der Waals surface area contributed by atoms with E-state index in [0.717, 1.165) is 58.7 Å². The summed E-state index contributed by atoms with van der Waals surface area (Å²) in [5, 5.41) is 4.56. The number of carbonyl (C=O) groups is 1. The molecule has 0 saturated carbocycles. The number of carbonyl (C=O) groups excluding carboxylic acids is 1. The maximum Gasteiger partial charge on any atom is 0.255 e. The minimum Gasteiger partial charge on any atom is -0.488 e. The van der Waals surface area contributed by atoms with Gasteiger partial charge in [-0.2, -0.15) is 0 Å². The number of morpholine rings is 1. The van der Waals surface area contributed by atoms with E-state index in [1.54, 1.807) is 23.5 Å². The maximum atomic E-state index is 12.7. The Morgan fingerprint density at radius 2 is 2.03 bits per heavy atom. The van der Waals surface area contributed by atoms with Crippen molar-refractivity contribution in [2.45, 2.75) is 0 Å². The number of hydrogen-bond donors (Lipinski definition) is 1. The van der Waals surface area contributed by atoms with Gasteiger partial charge in [-0.15, -0.1) is 0 Å². The zero-order chi connectivity index (χ0) is 19.8. The van der Waals surface area contributed by atoms with Gasteiger partial charge in [-0.1, -0.05) is 22.9 Å². The molecule has 0 spiro atoms. The van der Waals surface area contributed by atoms with E-state index in [0.29, 0.717) is 10.6 Å². The number of aromatic nitrogens is 1. The lowest BCUT2D eigenvalue weighted by atomic mass is 10.1. The molecular formula is C21H18ClN3O3S. The molecule has 0 atom stereocenters. The summed E-state index contributed by atoms with van der Waals surface area (Å²) in [6.45, 7) is 3.38. The van der Waals surface area contributed by atoms with Crippen LogP contribution in [0.25, 0.3) is 16.3 Å². The third-order valence-electron chi connectivity index (χ3n) is 4.89. The summed E-state index contributed by atoms with van der Waals surface area (Å²) in [6, 6.07) is 11.1. The van der Waals surface area contributed by atoms with E-state index in [9.17, 15) is 4.79 Å². The molecule has 148 valence electrons. The molecule has 2 aliphatic rings. The number of benzene rings is 2. The third-order valence-corrected chi connectivity index (χ3v) is 6.21. The van der Waals surface area contributed by atoms with Crippen LogP contribution in [0.5, 0.6) is 5.75 Å². The van der Waals surface area contributed by atoms with Crippen LogP contribution in [-0.2, 0) is 9.53 Å². The van der Waals surface area contributed by atoms with Crippen LogP contribution in [0.3, 0.4) is 0 Å².